The Hall–Kier alpha value is -0.180. The van der Waals surface area contributed by atoms with Gasteiger partial charge in [-0.15, -0.1) is 24.0 Å². The van der Waals surface area contributed by atoms with Gasteiger partial charge in [-0.25, -0.2) is 0 Å². The lowest BCUT2D eigenvalue weighted by Gasteiger charge is -2.01. The molecule has 1 aromatic carbocycles. The molecule has 0 radical (unpaired) electrons. The first-order valence-electron chi connectivity index (χ1n) is 3.55. The van der Waals surface area contributed by atoms with E-state index in [1.165, 1.54) is 4.70 Å². The second-order valence-corrected chi connectivity index (χ2v) is 4.47. The van der Waals surface area contributed by atoms with Crippen LogP contribution in [0.4, 0.5) is 0 Å². The summed E-state index contributed by atoms with van der Waals surface area (Å²) in [5, 5.41) is 4.01. The van der Waals surface area contributed by atoms with Gasteiger partial charge in [-0.1, -0.05) is 11.6 Å². The van der Waals surface area contributed by atoms with Gasteiger partial charge < -0.3 is 0 Å². The number of hydrogen-bond donors (Lipinski definition) is 1. The standard InChI is InChI=1S/C9H7ClS2/c1-5-4-7(11)9-6(8(5)10)2-3-12-9/h2-4,11H,1H3. The van der Waals surface area contributed by atoms with Crippen molar-refractivity contribution < 1.29 is 0 Å². The Morgan fingerprint density at radius 1 is 1.50 bits per heavy atom. The molecular formula is C9H7ClS2. The molecule has 0 bridgehead atoms. The predicted octanol–water partition coefficient (Wildman–Crippen LogP) is 4.15. The van der Waals surface area contributed by atoms with Crippen molar-refractivity contribution in [3.8, 4) is 0 Å². The van der Waals surface area contributed by atoms with Crippen LogP contribution in [-0.4, -0.2) is 0 Å². The molecule has 3 heteroatoms. The molecule has 0 atom stereocenters. The minimum Gasteiger partial charge on any atom is -0.143 e. The van der Waals surface area contributed by atoms with Gasteiger partial charge in [0.2, 0.25) is 0 Å². The average molecular weight is 215 g/mol. The van der Waals surface area contributed by atoms with Crippen LogP contribution in [0.5, 0.6) is 0 Å². The van der Waals surface area contributed by atoms with Crippen LogP contribution in [0.2, 0.25) is 5.02 Å². The molecule has 0 aliphatic carbocycles. The van der Waals surface area contributed by atoms with Gasteiger partial charge in [0.05, 0.1) is 5.02 Å². The van der Waals surface area contributed by atoms with Crippen molar-refractivity contribution in [3.05, 3.63) is 28.1 Å². The zero-order valence-electron chi connectivity index (χ0n) is 6.47. The van der Waals surface area contributed by atoms with Crippen molar-refractivity contribution in [3.63, 3.8) is 0 Å². The number of hydrogen-bond acceptors (Lipinski definition) is 2. The number of rotatable bonds is 0. The fourth-order valence-corrected chi connectivity index (χ4v) is 2.78. The summed E-state index contributed by atoms with van der Waals surface area (Å²) in [5.41, 5.74) is 1.09. The molecular weight excluding hydrogens is 208 g/mol. The SMILES string of the molecule is Cc1cc(S)c2sccc2c1Cl. The molecule has 0 nitrogen and oxygen atoms in total. The van der Waals surface area contributed by atoms with Gasteiger partial charge in [0.1, 0.15) is 0 Å². The molecule has 0 aliphatic heterocycles. The third kappa shape index (κ3) is 1.15. The Labute approximate surface area is 85.6 Å². The van der Waals surface area contributed by atoms with Crippen molar-refractivity contribution in [1.29, 1.82) is 0 Å². The van der Waals surface area contributed by atoms with Crippen LogP contribution >= 0.6 is 35.6 Å². The van der Waals surface area contributed by atoms with E-state index in [2.05, 4.69) is 12.6 Å². The second kappa shape index (κ2) is 2.95. The van der Waals surface area contributed by atoms with E-state index < -0.39 is 0 Å². The zero-order chi connectivity index (χ0) is 8.72. The highest BCUT2D eigenvalue weighted by Gasteiger charge is 2.06. The Morgan fingerprint density at radius 2 is 2.25 bits per heavy atom. The Morgan fingerprint density at radius 3 is 3.00 bits per heavy atom. The lowest BCUT2D eigenvalue weighted by atomic mass is 10.2. The number of benzene rings is 1. The van der Waals surface area contributed by atoms with Crippen LogP contribution in [-0.2, 0) is 0 Å². The van der Waals surface area contributed by atoms with Crippen LogP contribution in [0, 0.1) is 6.92 Å². The Bertz CT molecular complexity index is 431. The minimum absolute atomic E-state index is 0.851. The van der Waals surface area contributed by atoms with Crippen LogP contribution in [0.3, 0.4) is 0 Å². The van der Waals surface area contributed by atoms with Gasteiger partial charge in [-0.2, -0.15) is 0 Å². The molecule has 0 saturated heterocycles. The molecule has 1 heterocycles. The van der Waals surface area contributed by atoms with Crippen molar-refractivity contribution in [2.45, 2.75) is 11.8 Å². The van der Waals surface area contributed by atoms with Crippen LogP contribution < -0.4 is 0 Å². The highest BCUT2D eigenvalue weighted by atomic mass is 35.5. The molecule has 0 fully saturated rings. The van der Waals surface area contributed by atoms with Crippen molar-refractivity contribution in [2.75, 3.05) is 0 Å². The molecule has 0 N–H and O–H groups in total. The zero-order valence-corrected chi connectivity index (χ0v) is 8.93. The van der Waals surface area contributed by atoms with Crippen LogP contribution in [0.1, 0.15) is 5.56 Å². The molecule has 12 heavy (non-hydrogen) atoms. The lowest BCUT2D eigenvalue weighted by molar-refractivity contribution is 1.44. The molecule has 0 saturated carbocycles. The van der Waals surface area contributed by atoms with E-state index in [9.17, 15) is 0 Å². The van der Waals surface area contributed by atoms with Gasteiger partial charge >= 0.3 is 0 Å². The van der Waals surface area contributed by atoms with E-state index in [0.29, 0.717) is 0 Å². The van der Waals surface area contributed by atoms with Crippen molar-refractivity contribution >= 4 is 45.7 Å². The maximum atomic E-state index is 6.11. The number of halogens is 1. The lowest BCUT2D eigenvalue weighted by Crippen LogP contribution is -1.76. The average Bonchev–Trinajstić information content (AvgIpc) is 2.48. The normalized spacial score (nSPS) is 10.9. The van der Waals surface area contributed by atoms with Gasteiger partial charge in [-0.05, 0) is 30.0 Å². The highest BCUT2D eigenvalue weighted by Crippen LogP contribution is 2.35. The smallest absolute Gasteiger partial charge is 0.0522 e. The highest BCUT2D eigenvalue weighted by molar-refractivity contribution is 7.80. The van der Waals surface area contributed by atoms with E-state index in [1.54, 1.807) is 11.3 Å². The summed E-state index contributed by atoms with van der Waals surface area (Å²) in [6, 6.07) is 4.04. The van der Waals surface area contributed by atoms with Crippen LogP contribution in [0.25, 0.3) is 10.1 Å². The third-order valence-corrected chi connectivity index (χ3v) is 3.79. The first kappa shape index (κ1) is 8.42. The summed E-state index contributed by atoms with van der Waals surface area (Å²) in [4.78, 5) is 1.02. The van der Waals surface area contributed by atoms with E-state index >= 15 is 0 Å². The molecule has 0 unspecified atom stereocenters. The molecule has 2 aromatic rings. The quantitative estimate of drug-likeness (QED) is 0.626. The molecule has 0 spiro atoms. The van der Waals surface area contributed by atoms with Crippen molar-refractivity contribution in [1.82, 2.24) is 0 Å². The Kier molecular flexibility index (Phi) is 2.07. The topological polar surface area (TPSA) is 0 Å². The molecule has 62 valence electrons. The first-order chi connectivity index (χ1) is 5.70. The van der Waals surface area contributed by atoms with Gasteiger partial charge in [0.15, 0.2) is 0 Å². The molecule has 1 aromatic heterocycles. The Balaban J connectivity index is 2.97. The molecule has 0 amide bonds. The summed E-state index contributed by atoms with van der Waals surface area (Å²) in [7, 11) is 0. The number of aryl methyl sites for hydroxylation is 1. The summed E-state index contributed by atoms with van der Waals surface area (Å²) in [6.45, 7) is 2.00. The third-order valence-electron chi connectivity index (χ3n) is 1.83. The molecule has 0 aliphatic rings. The van der Waals surface area contributed by atoms with E-state index in [4.69, 9.17) is 11.6 Å². The maximum absolute atomic E-state index is 6.11. The largest absolute Gasteiger partial charge is 0.143 e. The maximum Gasteiger partial charge on any atom is 0.0522 e. The number of thiophene rings is 1. The van der Waals surface area contributed by atoms with Crippen molar-refractivity contribution in [2.24, 2.45) is 0 Å². The van der Waals surface area contributed by atoms with Crippen LogP contribution in [0.15, 0.2) is 22.4 Å². The molecule has 2 rings (SSSR count). The van der Waals surface area contributed by atoms with Gasteiger partial charge in [-0.3, -0.25) is 0 Å². The van der Waals surface area contributed by atoms with E-state index in [0.717, 1.165) is 20.9 Å². The summed E-state index contributed by atoms with van der Waals surface area (Å²) >= 11 is 12.2. The number of thiol groups is 1. The fourth-order valence-electron chi connectivity index (χ4n) is 1.23. The second-order valence-electron chi connectivity index (χ2n) is 2.69. The number of fused-ring (bicyclic) bond motifs is 1. The van der Waals surface area contributed by atoms with Gasteiger partial charge in [0.25, 0.3) is 0 Å². The summed E-state index contributed by atoms with van der Waals surface area (Å²) in [5.74, 6) is 0. The fraction of sp³-hybridized carbons (Fsp3) is 0.111. The van der Waals surface area contributed by atoms with E-state index in [1.807, 2.05) is 24.4 Å². The summed E-state index contributed by atoms with van der Waals surface area (Å²) < 4.78 is 1.17. The monoisotopic (exact) mass is 214 g/mol. The first-order valence-corrected chi connectivity index (χ1v) is 5.26. The van der Waals surface area contributed by atoms with E-state index in [-0.39, 0.29) is 0 Å². The predicted molar refractivity (Wildman–Crippen MR) is 58.8 cm³/mol. The minimum atomic E-state index is 0.851. The van der Waals surface area contributed by atoms with Gasteiger partial charge in [0, 0.05) is 15.0 Å². The summed E-state index contributed by atoms with van der Waals surface area (Å²) in [6.07, 6.45) is 0.